The van der Waals surface area contributed by atoms with E-state index in [1.807, 2.05) is 0 Å². The molecule has 1 aliphatic rings. The summed E-state index contributed by atoms with van der Waals surface area (Å²) in [5.41, 5.74) is 5.21. The van der Waals surface area contributed by atoms with E-state index in [1.165, 1.54) is 11.4 Å². The van der Waals surface area contributed by atoms with Crippen molar-refractivity contribution in [3.05, 3.63) is 48.5 Å². The molecule has 2 aromatic rings. The van der Waals surface area contributed by atoms with E-state index in [9.17, 15) is 0 Å². The Morgan fingerprint density at radius 3 is 1.75 bits per heavy atom. The topological polar surface area (TPSA) is 3.24 Å². The molecule has 0 aromatic heterocycles. The number of benzene rings is 2. The Balaban J connectivity index is 2.26. The van der Waals surface area contributed by atoms with Gasteiger partial charge in [-0.25, -0.2) is 0 Å². The summed E-state index contributed by atoms with van der Waals surface area (Å²) < 4.78 is 3.13. The van der Waals surface area contributed by atoms with Crippen LogP contribution in [0.5, 0.6) is 0 Å². The maximum absolute atomic E-state index is 2.43. The number of rotatable bonds is 0. The van der Waals surface area contributed by atoms with Crippen LogP contribution in [-0.4, -0.2) is 21.7 Å². The van der Waals surface area contributed by atoms with Crippen LogP contribution in [0.4, 0.5) is 11.4 Å². The van der Waals surface area contributed by atoms with Gasteiger partial charge in [0.25, 0.3) is 0 Å². The summed E-state index contributed by atoms with van der Waals surface area (Å²) in [5.74, 6) is 0. The maximum atomic E-state index is 2.43. The summed E-state index contributed by atoms with van der Waals surface area (Å²) >= 11 is -1.04. The van der Waals surface area contributed by atoms with Gasteiger partial charge in [-0.05, 0) is 0 Å². The van der Waals surface area contributed by atoms with E-state index in [2.05, 4.69) is 66.2 Å². The average molecular weight is 271 g/mol. The standard InChI is InChI=1S/C14H14AsN/c1-15-11-7-3-5-9-13(11)16(2)14-10-6-4-8-12(14)15/h3-10H,1-2H3. The average Bonchev–Trinajstić information content (AvgIpc) is 2.36. The Labute approximate surface area is 101 Å². The van der Waals surface area contributed by atoms with Crippen LogP contribution < -0.4 is 13.6 Å². The van der Waals surface area contributed by atoms with Crippen LogP contribution in [0.3, 0.4) is 0 Å². The summed E-state index contributed by atoms with van der Waals surface area (Å²) in [6.45, 7) is 0. The summed E-state index contributed by atoms with van der Waals surface area (Å²) in [6, 6.07) is 17.6. The molecule has 16 heavy (non-hydrogen) atoms. The third-order valence-electron chi connectivity index (χ3n) is 3.21. The van der Waals surface area contributed by atoms with Crippen LogP contribution in [0.1, 0.15) is 0 Å². The van der Waals surface area contributed by atoms with Gasteiger partial charge in [0, 0.05) is 0 Å². The van der Waals surface area contributed by atoms with Crippen molar-refractivity contribution in [3.63, 3.8) is 0 Å². The van der Waals surface area contributed by atoms with Gasteiger partial charge in [0.05, 0.1) is 0 Å². The van der Waals surface area contributed by atoms with E-state index in [1.54, 1.807) is 8.70 Å². The van der Waals surface area contributed by atoms with E-state index in [0.29, 0.717) is 0 Å². The molecule has 0 fully saturated rings. The van der Waals surface area contributed by atoms with Gasteiger partial charge >= 0.3 is 101 Å². The first-order chi connectivity index (χ1) is 7.79. The Kier molecular flexibility index (Phi) is 2.29. The molecule has 0 bridgehead atoms. The quantitative estimate of drug-likeness (QED) is 0.662. The second-order valence-corrected chi connectivity index (χ2v) is 8.46. The number of nitrogens with zero attached hydrogens (tertiary/aromatic N) is 1. The minimum absolute atomic E-state index is 1.04. The van der Waals surface area contributed by atoms with Crippen molar-refractivity contribution in [2.24, 2.45) is 0 Å². The van der Waals surface area contributed by atoms with Gasteiger partial charge in [-0.15, -0.1) is 0 Å². The summed E-state index contributed by atoms with van der Waals surface area (Å²) in [5, 5.41) is 0. The molecule has 1 nitrogen and oxygen atoms in total. The number of hydrogen-bond donors (Lipinski definition) is 0. The molecule has 1 heterocycles. The van der Waals surface area contributed by atoms with Gasteiger partial charge in [0.2, 0.25) is 0 Å². The number of fused-ring (bicyclic) bond motifs is 2. The molecule has 0 N–H and O–H groups in total. The monoisotopic (exact) mass is 271 g/mol. The number of para-hydroxylation sites is 2. The molecule has 0 amide bonds. The summed E-state index contributed by atoms with van der Waals surface area (Å²) in [4.78, 5) is 2.32. The van der Waals surface area contributed by atoms with Crippen molar-refractivity contribution in [1.82, 2.24) is 0 Å². The second kappa shape index (κ2) is 3.68. The van der Waals surface area contributed by atoms with Crippen LogP contribution in [0.25, 0.3) is 0 Å². The van der Waals surface area contributed by atoms with Crippen molar-refractivity contribution in [1.29, 1.82) is 0 Å². The van der Waals surface area contributed by atoms with Crippen LogP contribution in [0.15, 0.2) is 48.5 Å². The molecule has 0 atom stereocenters. The van der Waals surface area contributed by atoms with Gasteiger partial charge in [-0.1, -0.05) is 0 Å². The molecule has 0 spiro atoms. The Bertz CT molecular complexity index is 440. The zero-order valence-corrected chi connectivity index (χ0v) is 11.4. The van der Waals surface area contributed by atoms with E-state index in [-0.39, 0.29) is 0 Å². The zero-order valence-electron chi connectivity index (χ0n) is 9.51. The molecule has 80 valence electrons. The van der Waals surface area contributed by atoms with E-state index in [4.69, 9.17) is 0 Å². The van der Waals surface area contributed by atoms with Crippen LogP contribution in [-0.2, 0) is 0 Å². The van der Waals surface area contributed by atoms with Crippen molar-refractivity contribution >= 4 is 34.7 Å². The predicted molar refractivity (Wildman–Crippen MR) is 71.8 cm³/mol. The predicted octanol–water partition coefficient (Wildman–Crippen LogP) is 2.01. The Hall–Kier alpha value is -1.20. The fourth-order valence-electron chi connectivity index (χ4n) is 2.32. The second-order valence-electron chi connectivity index (χ2n) is 4.10. The van der Waals surface area contributed by atoms with Crippen molar-refractivity contribution in [3.8, 4) is 0 Å². The first-order valence-corrected chi connectivity index (χ1v) is 9.20. The molecule has 3 rings (SSSR count). The first kappa shape index (κ1) is 9.98. The molecule has 0 unspecified atom stereocenters. The number of anilines is 2. The SMILES string of the molecule is CN1c2ccccc2[As](C)c2ccccc21. The fraction of sp³-hybridized carbons (Fsp3) is 0.143. The van der Waals surface area contributed by atoms with Gasteiger partial charge in [-0.3, -0.25) is 0 Å². The molecule has 0 aliphatic carbocycles. The normalized spacial score (nSPS) is 14.5. The molecular formula is C14H14AsN. The van der Waals surface area contributed by atoms with Crippen molar-refractivity contribution in [2.75, 3.05) is 11.9 Å². The van der Waals surface area contributed by atoms with Crippen LogP contribution in [0.2, 0.25) is 5.71 Å². The van der Waals surface area contributed by atoms with Crippen LogP contribution >= 0.6 is 0 Å². The Morgan fingerprint density at radius 2 is 1.25 bits per heavy atom. The zero-order chi connectivity index (χ0) is 11.1. The number of hydrogen-bond acceptors (Lipinski definition) is 1. The van der Waals surface area contributed by atoms with E-state index < -0.39 is 14.7 Å². The molecule has 2 aromatic carbocycles. The molecule has 0 radical (unpaired) electrons. The molecule has 2 heteroatoms. The van der Waals surface area contributed by atoms with E-state index in [0.717, 1.165) is 0 Å². The van der Waals surface area contributed by atoms with Crippen molar-refractivity contribution < 1.29 is 0 Å². The minimum atomic E-state index is -1.04. The van der Waals surface area contributed by atoms with Crippen LogP contribution in [0, 0.1) is 0 Å². The van der Waals surface area contributed by atoms with Gasteiger partial charge in [0.1, 0.15) is 0 Å². The molecular weight excluding hydrogens is 257 g/mol. The van der Waals surface area contributed by atoms with Gasteiger partial charge < -0.3 is 0 Å². The van der Waals surface area contributed by atoms with Crippen molar-refractivity contribution in [2.45, 2.75) is 5.71 Å². The van der Waals surface area contributed by atoms with Gasteiger partial charge in [0.15, 0.2) is 0 Å². The third-order valence-corrected chi connectivity index (χ3v) is 7.83. The Morgan fingerprint density at radius 1 is 0.812 bits per heavy atom. The fourth-order valence-corrected chi connectivity index (χ4v) is 6.55. The molecule has 1 aliphatic heterocycles. The third kappa shape index (κ3) is 1.32. The van der Waals surface area contributed by atoms with E-state index >= 15 is 0 Å². The summed E-state index contributed by atoms with van der Waals surface area (Å²) in [7, 11) is 2.17. The first-order valence-electron chi connectivity index (χ1n) is 5.44. The van der Waals surface area contributed by atoms with Gasteiger partial charge in [-0.2, -0.15) is 0 Å². The summed E-state index contributed by atoms with van der Waals surface area (Å²) in [6.07, 6.45) is 0. The molecule has 0 saturated heterocycles. The molecule has 0 saturated carbocycles.